The number of ether oxygens (including phenoxy) is 1. The molecule has 1 aromatic rings. The van der Waals surface area contributed by atoms with Crippen molar-refractivity contribution >= 4 is 5.69 Å². The second kappa shape index (κ2) is 4.33. The number of benzene rings is 1. The van der Waals surface area contributed by atoms with Crippen molar-refractivity contribution in [1.29, 1.82) is 0 Å². The molecule has 0 bridgehead atoms. The standard InChI is InChI=1S/C11H14F3NO/c1-10(2,16-3)15-9-6-4-8(5-7-9)11(12,13)14/h4-7,15H,1-3H3. The minimum atomic E-state index is -4.30. The van der Waals surface area contributed by atoms with Crippen molar-refractivity contribution in [2.24, 2.45) is 0 Å². The third-order valence-corrected chi connectivity index (χ3v) is 2.17. The number of nitrogens with one attached hydrogen (secondary N) is 1. The Balaban J connectivity index is 2.80. The Labute approximate surface area is 92.4 Å². The lowest BCUT2D eigenvalue weighted by Gasteiger charge is -2.25. The maximum atomic E-state index is 12.3. The Morgan fingerprint density at radius 3 is 1.94 bits per heavy atom. The molecule has 0 saturated heterocycles. The summed E-state index contributed by atoms with van der Waals surface area (Å²) in [5, 5.41) is 2.96. The van der Waals surface area contributed by atoms with Crippen LogP contribution in [0, 0.1) is 0 Å². The Hall–Kier alpha value is -1.23. The van der Waals surface area contributed by atoms with Crippen molar-refractivity contribution in [1.82, 2.24) is 0 Å². The van der Waals surface area contributed by atoms with Crippen LogP contribution in [0.2, 0.25) is 0 Å². The van der Waals surface area contributed by atoms with Crippen molar-refractivity contribution in [2.75, 3.05) is 12.4 Å². The average molecular weight is 233 g/mol. The molecule has 0 spiro atoms. The Kier molecular flexibility index (Phi) is 3.48. The van der Waals surface area contributed by atoms with Crippen LogP contribution in [0.1, 0.15) is 19.4 Å². The van der Waals surface area contributed by atoms with Gasteiger partial charge in [0.2, 0.25) is 0 Å². The summed E-state index contributed by atoms with van der Waals surface area (Å²) < 4.78 is 41.9. The van der Waals surface area contributed by atoms with E-state index in [2.05, 4.69) is 5.32 Å². The van der Waals surface area contributed by atoms with E-state index in [1.807, 2.05) is 0 Å². The van der Waals surface area contributed by atoms with Gasteiger partial charge in [0.15, 0.2) is 0 Å². The summed E-state index contributed by atoms with van der Waals surface area (Å²) in [5.41, 5.74) is -0.687. The van der Waals surface area contributed by atoms with Crippen molar-refractivity contribution in [2.45, 2.75) is 25.7 Å². The minimum Gasteiger partial charge on any atom is -0.360 e. The maximum Gasteiger partial charge on any atom is 0.416 e. The zero-order chi connectivity index (χ0) is 12.4. The van der Waals surface area contributed by atoms with E-state index in [9.17, 15) is 13.2 Å². The fourth-order valence-corrected chi connectivity index (χ4v) is 1.14. The first kappa shape index (κ1) is 12.8. The highest BCUT2D eigenvalue weighted by Crippen LogP contribution is 2.30. The molecule has 5 heteroatoms. The first-order valence-corrected chi connectivity index (χ1v) is 4.75. The first-order chi connectivity index (χ1) is 7.24. The zero-order valence-corrected chi connectivity index (χ0v) is 9.35. The van der Waals surface area contributed by atoms with Crippen LogP contribution < -0.4 is 5.32 Å². The van der Waals surface area contributed by atoms with Gasteiger partial charge in [0.05, 0.1) is 5.56 Å². The van der Waals surface area contributed by atoms with Gasteiger partial charge in [-0.25, -0.2) is 0 Å². The monoisotopic (exact) mass is 233 g/mol. The number of anilines is 1. The summed E-state index contributed by atoms with van der Waals surface area (Å²) in [4.78, 5) is 0. The molecule has 16 heavy (non-hydrogen) atoms. The Morgan fingerprint density at radius 2 is 1.56 bits per heavy atom. The summed E-state index contributed by atoms with van der Waals surface area (Å²) in [6.45, 7) is 3.56. The molecule has 0 aromatic heterocycles. The molecule has 0 atom stereocenters. The van der Waals surface area contributed by atoms with Crippen LogP contribution in [0.3, 0.4) is 0 Å². The van der Waals surface area contributed by atoms with Gasteiger partial charge >= 0.3 is 6.18 Å². The van der Waals surface area contributed by atoms with E-state index in [4.69, 9.17) is 4.74 Å². The molecule has 90 valence electrons. The summed E-state index contributed by atoms with van der Waals surface area (Å²) in [6, 6.07) is 4.83. The fraction of sp³-hybridized carbons (Fsp3) is 0.455. The average Bonchev–Trinajstić information content (AvgIpc) is 2.16. The van der Waals surface area contributed by atoms with E-state index in [1.54, 1.807) is 13.8 Å². The molecule has 0 aliphatic carbocycles. The third-order valence-electron chi connectivity index (χ3n) is 2.17. The molecule has 0 fully saturated rings. The molecule has 1 rings (SSSR count). The van der Waals surface area contributed by atoms with Gasteiger partial charge in [0.1, 0.15) is 5.72 Å². The largest absolute Gasteiger partial charge is 0.416 e. The lowest BCUT2D eigenvalue weighted by atomic mass is 10.2. The van der Waals surface area contributed by atoms with E-state index in [-0.39, 0.29) is 0 Å². The van der Waals surface area contributed by atoms with E-state index in [0.29, 0.717) is 5.69 Å². The molecule has 0 aliphatic rings. The highest BCUT2D eigenvalue weighted by molar-refractivity contribution is 5.46. The predicted molar refractivity (Wildman–Crippen MR) is 56.2 cm³/mol. The molecule has 0 heterocycles. The predicted octanol–water partition coefficient (Wildman–Crippen LogP) is 3.50. The van der Waals surface area contributed by atoms with Gasteiger partial charge in [-0.1, -0.05) is 0 Å². The van der Waals surface area contributed by atoms with Gasteiger partial charge in [-0.3, -0.25) is 0 Å². The molecule has 0 radical (unpaired) electrons. The molecular formula is C11H14F3NO. The lowest BCUT2D eigenvalue weighted by Crippen LogP contribution is -2.32. The molecule has 0 unspecified atom stereocenters. The van der Waals surface area contributed by atoms with Crippen molar-refractivity contribution in [3.05, 3.63) is 29.8 Å². The van der Waals surface area contributed by atoms with Gasteiger partial charge in [-0.05, 0) is 38.1 Å². The SMILES string of the molecule is COC(C)(C)Nc1ccc(C(F)(F)F)cc1. The van der Waals surface area contributed by atoms with Crippen LogP contribution in [0.4, 0.5) is 18.9 Å². The van der Waals surface area contributed by atoms with Gasteiger partial charge < -0.3 is 10.1 Å². The summed E-state index contributed by atoms with van der Waals surface area (Å²) in [5.74, 6) is 0. The minimum absolute atomic E-state index is 0.583. The summed E-state index contributed by atoms with van der Waals surface area (Å²) in [6.07, 6.45) is -4.30. The van der Waals surface area contributed by atoms with Crippen molar-refractivity contribution in [3.63, 3.8) is 0 Å². The summed E-state index contributed by atoms with van der Waals surface area (Å²) in [7, 11) is 1.52. The highest BCUT2D eigenvalue weighted by Gasteiger charge is 2.30. The number of hydrogen-bond acceptors (Lipinski definition) is 2. The van der Waals surface area contributed by atoms with Gasteiger partial charge in [0, 0.05) is 12.8 Å². The topological polar surface area (TPSA) is 21.3 Å². The molecule has 2 nitrogen and oxygen atoms in total. The fourth-order valence-electron chi connectivity index (χ4n) is 1.14. The van der Waals surface area contributed by atoms with Crippen LogP contribution in [-0.4, -0.2) is 12.8 Å². The third kappa shape index (κ3) is 3.41. The molecule has 0 amide bonds. The smallest absolute Gasteiger partial charge is 0.360 e. The van der Waals surface area contributed by atoms with Crippen molar-refractivity contribution in [3.8, 4) is 0 Å². The highest BCUT2D eigenvalue weighted by atomic mass is 19.4. The number of rotatable bonds is 3. The lowest BCUT2D eigenvalue weighted by molar-refractivity contribution is -0.137. The number of halogens is 3. The van der Waals surface area contributed by atoms with Crippen molar-refractivity contribution < 1.29 is 17.9 Å². The van der Waals surface area contributed by atoms with E-state index < -0.39 is 17.5 Å². The Morgan fingerprint density at radius 1 is 1.06 bits per heavy atom. The molecule has 0 saturated carbocycles. The van der Waals surface area contributed by atoms with E-state index in [1.165, 1.54) is 19.2 Å². The van der Waals surface area contributed by atoms with Crippen LogP contribution in [0.15, 0.2) is 24.3 Å². The van der Waals surface area contributed by atoms with Crippen LogP contribution >= 0.6 is 0 Å². The summed E-state index contributed by atoms with van der Waals surface area (Å²) >= 11 is 0. The van der Waals surface area contributed by atoms with Gasteiger partial charge in [-0.15, -0.1) is 0 Å². The molecular weight excluding hydrogens is 219 g/mol. The number of methoxy groups -OCH3 is 1. The second-order valence-electron chi connectivity index (χ2n) is 3.91. The molecule has 0 aliphatic heterocycles. The Bertz CT molecular complexity index is 343. The van der Waals surface area contributed by atoms with Crippen LogP contribution in [-0.2, 0) is 10.9 Å². The van der Waals surface area contributed by atoms with Gasteiger partial charge in [-0.2, -0.15) is 13.2 Å². The van der Waals surface area contributed by atoms with E-state index in [0.717, 1.165) is 12.1 Å². The first-order valence-electron chi connectivity index (χ1n) is 4.75. The van der Waals surface area contributed by atoms with E-state index >= 15 is 0 Å². The van der Waals surface area contributed by atoms with Crippen LogP contribution in [0.25, 0.3) is 0 Å². The zero-order valence-electron chi connectivity index (χ0n) is 9.35. The quantitative estimate of drug-likeness (QED) is 0.807. The van der Waals surface area contributed by atoms with Gasteiger partial charge in [0.25, 0.3) is 0 Å². The number of hydrogen-bond donors (Lipinski definition) is 1. The normalized spacial score (nSPS) is 12.6. The number of alkyl halides is 3. The maximum absolute atomic E-state index is 12.3. The second-order valence-corrected chi connectivity index (χ2v) is 3.91. The van der Waals surface area contributed by atoms with Crippen LogP contribution in [0.5, 0.6) is 0 Å². The molecule has 1 aromatic carbocycles. The molecule has 1 N–H and O–H groups in total.